The number of nitrogens with zero attached hydrogens (tertiary/aromatic N) is 2. The Morgan fingerprint density at radius 1 is 0.313 bits per heavy atom. The molecule has 8 aromatic rings. The third kappa shape index (κ3) is 7.84. The number of carbonyl (C=O) groups excluding carboxylic acids is 4. The lowest BCUT2D eigenvalue weighted by Gasteiger charge is -2.32. The molecule has 4 N–H and O–H groups in total. The maximum absolute atomic E-state index is 13.0. The highest BCUT2D eigenvalue weighted by Crippen LogP contribution is 2.43. The molecule has 10 rings (SSSR count). The van der Waals surface area contributed by atoms with Crippen molar-refractivity contribution >= 4 is 35.0 Å². The number of phenolic OH excluding ortho intramolecular Hbond substituents is 4. The summed E-state index contributed by atoms with van der Waals surface area (Å²) in [6.07, 6.45) is 0. The monoisotopic (exact) mass is 886 g/mol. The zero-order valence-corrected chi connectivity index (χ0v) is 35.8. The van der Waals surface area contributed by atoms with Crippen LogP contribution in [0.1, 0.15) is 96.1 Å². The van der Waals surface area contributed by atoms with Crippen molar-refractivity contribution < 1.29 is 39.6 Å². The summed E-state index contributed by atoms with van der Waals surface area (Å²) in [5.74, 6) is -0.683. The number of fused-ring (bicyclic) bond motifs is 2. The average molecular weight is 887 g/mol. The Labute approximate surface area is 387 Å². The standard InChI is InChI=1S/2C28H21NO4.CH4/c1-28(18-9-13-22(30)14-10-18,19-11-15-23(31)16-12-19)20-5-4-6-21(17-20)29-26(32)24-7-2-3-8-25(24)27(29)33;1-28(19-8-14-22(30)15-9-19,20-10-16-23(31)17-11-20)18-6-12-21(13-7-18)29-26(32)24-4-2-3-5-25(24)27(29)33;/h2*2-17,30-31H,1H3;1H4. The third-order valence-corrected chi connectivity index (χ3v) is 12.8. The van der Waals surface area contributed by atoms with Crippen LogP contribution in [-0.4, -0.2) is 44.1 Å². The third-order valence-electron chi connectivity index (χ3n) is 12.8. The van der Waals surface area contributed by atoms with Gasteiger partial charge in [-0.3, -0.25) is 19.2 Å². The lowest BCUT2D eigenvalue weighted by atomic mass is 9.71. The second-order valence-corrected chi connectivity index (χ2v) is 16.5. The van der Waals surface area contributed by atoms with E-state index in [2.05, 4.69) is 6.92 Å². The molecule has 332 valence electrons. The van der Waals surface area contributed by atoms with Crippen LogP contribution in [0.5, 0.6) is 23.0 Å². The SMILES string of the molecule is C.CC(c1ccc(O)cc1)(c1ccc(O)cc1)c1ccc(N2C(=O)c3ccccc3C2=O)cc1.CC(c1ccc(O)cc1)(c1ccc(O)cc1)c1cccc(N2C(=O)c3ccccc3C2=O)c1. The molecule has 0 radical (unpaired) electrons. The fraction of sp³-hybridized carbons (Fsp3) is 0.0877. The van der Waals surface area contributed by atoms with Crippen LogP contribution in [0.4, 0.5) is 11.4 Å². The lowest BCUT2D eigenvalue weighted by Crippen LogP contribution is -2.30. The molecule has 2 heterocycles. The van der Waals surface area contributed by atoms with Crippen LogP contribution < -0.4 is 9.80 Å². The Hall–Kier alpha value is -8.76. The van der Waals surface area contributed by atoms with Gasteiger partial charge in [0.2, 0.25) is 0 Å². The van der Waals surface area contributed by atoms with Gasteiger partial charge in [0, 0.05) is 10.8 Å². The highest BCUT2D eigenvalue weighted by molar-refractivity contribution is 6.35. The molecule has 10 heteroatoms. The van der Waals surface area contributed by atoms with Gasteiger partial charge in [-0.2, -0.15) is 0 Å². The molecule has 0 spiro atoms. The molecule has 0 atom stereocenters. The van der Waals surface area contributed by atoms with Crippen LogP contribution in [0.2, 0.25) is 0 Å². The number of hydrogen-bond donors (Lipinski definition) is 4. The van der Waals surface area contributed by atoms with E-state index in [0.717, 1.165) is 33.4 Å². The van der Waals surface area contributed by atoms with Gasteiger partial charge < -0.3 is 20.4 Å². The van der Waals surface area contributed by atoms with Gasteiger partial charge in [0.05, 0.1) is 33.6 Å². The zero-order chi connectivity index (χ0) is 46.3. The molecule has 0 saturated heterocycles. The van der Waals surface area contributed by atoms with Crippen LogP contribution in [0, 0.1) is 0 Å². The Balaban J connectivity index is 0.000000179. The number of carbonyl (C=O) groups is 4. The Bertz CT molecular complexity index is 3000. The lowest BCUT2D eigenvalue weighted by molar-refractivity contribution is 0.0910. The largest absolute Gasteiger partial charge is 0.508 e. The van der Waals surface area contributed by atoms with Crippen LogP contribution in [-0.2, 0) is 10.8 Å². The van der Waals surface area contributed by atoms with Crippen molar-refractivity contribution in [2.45, 2.75) is 32.1 Å². The smallest absolute Gasteiger partial charge is 0.266 e. The Kier molecular flexibility index (Phi) is 11.8. The number of rotatable bonds is 8. The molecule has 0 fully saturated rings. The van der Waals surface area contributed by atoms with Crippen LogP contribution in [0.3, 0.4) is 0 Å². The number of phenols is 4. The van der Waals surface area contributed by atoms with Gasteiger partial charge in [-0.15, -0.1) is 0 Å². The molecule has 2 aliphatic heterocycles. The molecule has 2 aliphatic rings. The van der Waals surface area contributed by atoms with Crippen LogP contribution >= 0.6 is 0 Å². The number of hydrogen-bond acceptors (Lipinski definition) is 8. The second kappa shape index (κ2) is 17.7. The maximum Gasteiger partial charge on any atom is 0.266 e. The molecule has 0 saturated carbocycles. The van der Waals surface area contributed by atoms with Crippen LogP contribution in [0.15, 0.2) is 194 Å². The van der Waals surface area contributed by atoms with Gasteiger partial charge in [0.15, 0.2) is 0 Å². The van der Waals surface area contributed by atoms with Gasteiger partial charge in [0.25, 0.3) is 23.6 Å². The summed E-state index contributed by atoms with van der Waals surface area (Å²) >= 11 is 0. The van der Waals surface area contributed by atoms with Crippen molar-refractivity contribution in [2.24, 2.45) is 0 Å². The molecule has 67 heavy (non-hydrogen) atoms. The van der Waals surface area contributed by atoms with Crippen molar-refractivity contribution in [1.29, 1.82) is 0 Å². The summed E-state index contributed by atoms with van der Waals surface area (Å²) in [6.45, 7) is 4.09. The Morgan fingerprint density at radius 3 is 0.896 bits per heavy atom. The van der Waals surface area contributed by atoms with Crippen molar-refractivity contribution in [2.75, 3.05) is 9.80 Å². The summed E-state index contributed by atoms with van der Waals surface area (Å²) in [5, 5.41) is 39.2. The molecule has 0 aliphatic carbocycles. The number of benzene rings is 8. The quantitative estimate of drug-likeness (QED) is 0.0868. The molecule has 0 unspecified atom stereocenters. The van der Waals surface area contributed by atoms with E-state index in [1.54, 1.807) is 115 Å². The van der Waals surface area contributed by atoms with Gasteiger partial charge in [0.1, 0.15) is 23.0 Å². The van der Waals surface area contributed by atoms with E-state index >= 15 is 0 Å². The van der Waals surface area contributed by atoms with E-state index in [1.807, 2.05) is 85.8 Å². The van der Waals surface area contributed by atoms with Gasteiger partial charge in [-0.1, -0.05) is 104 Å². The molecular weight excluding hydrogens is 841 g/mol. The zero-order valence-electron chi connectivity index (χ0n) is 35.8. The summed E-state index contributed by atoms with van der Waals surface area (Å²) in [6, 6.07) is 56.3. The minimum absolute atomic E-state index is 0. The van der Waals surface area contributed by atoms with Crippen molar-refractivity contribution in [3.63, 3.8) is 0 Å². The summed E-state index contributed by atoms with van der Waals surface area (Å²) in [4.78, 5) is 54.2. The summed E-state index contributed by atoms with van der Waals surface area (Å²) in [7, 11) is 0. The molecule has 4 amide bonds. The first-order valence-corrected chi connectivity index (χ1v) is 21.1. The van der Waals surface area contributed by atoms with E-state index in [9.17, 15) is 39.6 Å². The van der Waals surface area contributed by atoms with Gasteiger partial charge in [-0.05, 0) is 144 Å². The number of amides is 4. The minimum atomic E-state index is -0.684. The predicted octanol–water partition coefficient (Wildman–Crippen LogP) is 11.1. The van der Waals surface area contributed by atoms with Gasteiger partial charge >= 0.3 is 0 Å². The van der Waals surface area contributed by atoms with Crippen molar-refractivity contribution in [3.8, 4) is 23.0 Å². The minimum Gasteiger partial charge on any atom is -0.508 e. The fourth-order valence-corrected chi connectivity index (χ4v) is 8.93. The molecule has 10 nitrogen and oxygen atoms in total. The topological polar surface area (TPSA) is 156 Å². The molecular formula is C57H46N2O8. The maximum atomic E-state index is 13.0. The first-order valence-electron chi connectivity index (χ1n) is 21.1. The van der Waals surface area contributed by atoms with Crippen LogP contribution in [0.25, 0.3) is 0 Å². The van der Waals surface area contributed by atoms with E-state index in [1.165, 1.54) is 9.80 Å². The first kappa shape index (κ1) is 44.8. The molecule has 8 aromatic carbocycles. The van der Waals surface area contributed by atoms with E-state index in [-0.39, 0.29) is 54.1 Å². The van der Waals surface area contributed by atoms with Crippen molar-refractivity contribution in [1.82, 2.24) is 0 Å². The highest BCUT2D eigenvalue weighted by Gasteiger charge is 2.39. The molecule has 0 bridgehead atoms. The van der Waals surface area contributed by atoms with E-state index in [4.69, 9.17) is 0 Å². The van der Waals surface area contributed by atoms with Gasteiger partial charge in [-0.25, -0.2) is 9.80 Å². The normalized spacial score (nSPS) is 13.1. The number of imide groups is 2. The fourth-order valence-electron chi connectivity index (χ4n) is 8.93. The number of aromatic hydroxyl groups is 4. The Morgan fingerprint density at radius 2 is 0.582 bits per heavy atom. The van der Waals surface area contributed by atoms with E-state index < -0.39 is 10.8 Å². The number of anilines is 2. The van der Waals surface area contributed by atoms with Crippen molar-refractivity contribution in [3.05, 3.63) is 250 Å². The second-order valence-electron chi connectivity index (χ2n) is 16.5. The predicted molar refractivity (Wildman–Crippen MR) is 258 cm³/mol. The first-order chi connectivity index (χ1) is 31.8. The summed E-state index contributed by atoms with van der Waals surface area (Å²) < 4.78 is 0. The molecule has 0 aromatic heterocycles. The van der Waals surface area contributed by atoms with E-state index in [0.29, 0.717) is 33.6 Å². The summed E-state index contributed by atoms with van der Waals surface area (Å²) in [5.41, 5.74) is 6.79. The average Bonchev–Trinajstić information content (AvgIpc) is 3.75. The highest BCUT2D eigenvalue weighted by atomic mass is 16.3.